The summed E-state index contributed by atoms with van der Waals surface area (Å²) in [6, 6.07) is 2.39. The zero-order valence-electron chi connectivity index (χ0n) is 11.9. The van der Waals surface area contributed by atoms with E-state index < -0.39 is 0 Å². The van der Waals surface area contributed by atoms with Gasteiger partial charge >= 0.3 is 0 Å². The predicted octanol–water partition coefficient (Wildman–Crippen LogP) is 3.08. The fraction of sp³-hybridized carbons (Fsp3) is 0.643. The van der Waals surface area contributed by atoms with Crippen LogP contribution in [0.25, 0.3) is 0 Å². The van der Waals surface area contributed by atoms with Crippen molar-refractivity contribution in [2.45, 2.75) is 45.8 Å². The summed E-state index contributed by atoms with van der Waals surface area (Å²) in [5.74, 6) is 0.0858. The zero-order valence-corrected chi connectivity index (χ0v) is 13.5. The number of hydrogen-bond donors (Lipinski definition) is 0. The van der Waals surface area contributed by atoms with Crippen LogP contribution in [0, 0.1) is 0 Å². The van der Waals surface area contributed by atoms with Gasteiger partial charge in [-0.15, -0.1) is 0 Å². The topological polar surface area (TPSA) is 34.5 Å². The van der Waals surface area contributed by atoms with Crippen molar-refractivity contribution in [1.29, 1.82) is 0 Å². The summed E-state index contributed by atoms with van der Waals surface area (Å²) in [7, 11) is 0. The molecule has 0 N–H and O–H groups in total. The van der Waals surface area contributed by atoms with Crippen molar-refractivity contribution in [2.24, 2.45) is 0 Å². The second-order valence-electron chi connectivity index (χ2n) is 5.49. The van der Waals surface area contributed by atoms with Crippen molar-refractivity contribution in [3.63, 3.8) is 0 Å². The van der Waals surface area contributed by atoms with Crippen molar-refractivity contribution in [3.8, 4) is 0 Å². The van der Waals surface area contributed by atoms with Crippen molar-refractivity contribution in [3.05, 3.63) is 22.4 Å². The van der Waals surface area contributed by atoms with Crippen molar-refractivity contribution in [2.75, 3.05) is 13.2 Å². The van der Waals surface area contributed by atoms with E-state index in [1.54, 1.807) is 0 Å². The average molecular weight is 329 g/mol. The minimum Gasteiger partial charge on any atom is -0.377 e. The molecule has 2 heterocycles. The van der Waals surface area contributed by atoms with Gasteiger partial charge in [0.05, 0.1) is 25.3 Å². The van der Waals surface area contributed by atoms with E-state index >= 15 is 0 Å². The SMILES string of the molecule is CC(C)n1cc(Br)cc1C(=O)N1[C@H](C)COC[C@H]1C. The van der Waals surface area contributed by atoms with Gasteiger partial charge in [0.1, 0.15) is 5.69 Å². The number of hydrogen-bond acceptors (Lipinski definition) is 2. The second-order valence-corrected chi connectivity index (χ2v) is 6.41. The van der Waals surface area contributed by atoms with Crippen LogP contribution in [0.15, 0.2) is 16.7 Å². The minimum atomic E-state index is 0.0858. The molecule has 0 aromatic carbocycles. The van der Waals surface area contributed by atoms with E-state index in [0.29, 0.717) is 13.2 Å². The van der Waals surface area contributed by atoms with E-state index in [1.165, 1.54) is 0 Å². The lowest BCUT2D eigenvalue weighted by Gasteiger charge is -2.39. The van der Waals surface area contributed by atoms with Gasteiger partial charge in [0.25, 0.3) is 5.91 Å². The first kappa shape index (κ1) is 14.6. The molecule has 2 atom stereocenters. The summed E-state index contributed by atoms with van der Waals surface area (Å²) >= 11 is 3.46. The van der Waals surface area contributed by atoms with Crippen LogP contribution in [0.5, 0.6) is 0 Å². The van der Waals surface area contributed by atoms with Gasteiger partial charge in [-0.3, -0.25) is 4.79 Å². The monoisotopic (exact) mass is 328 g/mol. The Morgan fingerprint density at radius 2 is 1.95 bits per heavy atom. The van der Waals surface area contributed by atoms with Gasteiger partial charge in [-0.05, 0) is 49.7 Å². The highest BCUT2D eigenvalue weighted by Gasteiger charge is 2.32. The molecule has 1 amide bonds. The lowest BCUT2D eigenvalue weighted by Crippen LogP contribution is -2.52. The first-order valence-corrected chi connectivity index (χ1v) is 7.49. The molecular weight excluding hydrogens is 308 g/mol. The molecule has 4 nitrogen and oxygen atoms in total. The van der Waals surface area contributed by atoms with E-state index in [2.05, 4.69) is 29.8 Å². The van der Waals surface area contributed by atoms with E-state index in [0.717, 1.165) is 10.2 Å². The van der Waals surface area contributed by atoms with Crippen molar-refractivity contribution >= 4 is 21.8 Å². The number of halogens is 1. The Morgan fingerprint density at radius 1 is 1.37 bits per heavy atom. The molecule has 19 heavy (non-hydrogen) atoms. The van der Waals surface area contributed by atoms with Crippen LogP contribution in [-0.4, -0.2) is 40.7 Å². The number of rotatable bonds is 2. The predicted molar refractivity (Wildman–Crippen MR) is 78.4 cm³/mol. The summed E-state index contributed by atoms with van der Waals surface area (Å²) in [5.41, 5.74) is 0.738. The van der Waals surface area contributed by atoms with Gasteiger partial charge in [-0.2, -0.15) is 0 Å². The normalized spacial score (nSPS) is 24.0. The number of aromatic nitrogens is 1. The molecule has 0 spiro atoms. The van der Waals surface area contributed by atoms with Gasteiger partial charge in [0.15, 0.2) is 0 Å². The maximum Gasteiger partial charge on any atom is 0.271 e. The summed E-state index contributed by atoms with van der Waals surface area (Å²) in [4.78, 5) is 14.7. The first-order valence-electron chi connectivity index (χ1n) is 6.69. The van der Waals surface area contributed by atoms with Gasteiger partial charge in [-0.1, -0.05) is 0 Å². The van der Waals surface area contributed by atoms with E-state index in [1.807, 2.05) is 35.6 Å². The molecule has 1 aliphatic rings. The maximum atomic E-state index is 12.8. The van der Waals surface area contributed by atoms with E-state index in [9.17, 15) is 4.79 Å². The second kappa shape index (κ2) is 5.67. The highest BCUT2D eigenvalue weighted by atomic mass is 79.9. The maximum absolute atomic E-state index is 12.8. The smallest absolute Gasteiger partial charge is 0.271 e. The molecule has 1 fully saturated rings. The molecule has 0 aliphatic carbocycles. The number of carbonyl (C=O) groups is 1. The standard InChI is InChI=1S/C14H21BrN2O2/c1-9(2)16-6-12(15)5-13(16)14(18)17-10(3)7-19-8-11(17)4/h5-6,9-11H,7-8H2,1-4H3/t10-,11-/m1/s1. The van der Waals surface area contributed by atoms with Gasteiger partial charge in [0.2, 0.25) is 0 Å². The Kier molecular flexibility index (Phi) is 4.36. The van der Waals surface area contributed by atoms with Crippen LogP contribution in [0.4, 0.5) is 0 Å². The van der Waals surface area contributed by atoms with Crippen molar-refractivity contribution in [1.82, 2.24) is 9.47 Å². The molecule has 1 aromatic rings. The third kappa shape index (κ3) is 2.87. The molecule has 0 radical (unpaired) electrons. The van der Waals surface area contributed by atoms with Crippen LogP contribution < -0.4 is 0 Å². The number of carbonyl (C=O) groups excluding carboxylic acids is 1. The quantitative estimate of drug-likeness (QED) is 0.836. The Bertz CT molecular complexity index is 460. The van der Waals surface area contributed by atoms with Crippen LogP contribution in [0.3, 0.4) is 0 Å². The zero-order chi connectivity index (χ0) is 14.2. The highest BCUT2D eigenvalue weighted by Crippen LogP contribution is 2.23. The third-order valence-corrected chi connectivity index (χ3v) is 3.93. The summed E-state index contributed by atoms with van der Waals surface area (Å²) in [6.45, 7) is 9.45. The van der Waals surface area contributed by atoms with Crippen LogP contribution >= 0.6 is 15.9 Å². The van der Waals surface area contributed by atoms with E-state index in [4.69, 9.17) is 4.74 Å². The fourth-order valence-corrected chi connectivity index (χ4v) is 3.02. The molecule has 1 aromatic heterocycles. The van der Waals surface area contributed by atoms with Gasteiger partial charge < -0.3 is 14.2 Å². The Morgan fingerprint density at radius 3 is 2.47 bits per heavy atom. The summed E-state index contributed by atoms with van der Waals surface area (Å²) in [6.07, 6.45) is 1.97. The van der Waals surface area contributed by atoms with Gasteiger partial charge in [-0.25, -0.2) is 0 Å². The highest BCUT2D eigenvalue weighted by molar-refractivity contribution is 9.10. The minimum absolute atomic E-state index is 0.0858. The Balaban J connectivity index is 2.33. The van der Waals surface area contributed by atoms with Crippen LogP contribution in [0.2, 0.25) is 0 Å². The number of amides is 1. The molecule has 0 bridgehead atoms. The largest absolute Gasteiger partial charge is 0.377 e. The fourth-order valence-electron chi connectivity index (χ4n) is 2.58. The first-order chi connectivity index (χ1) is 8.91. The van der Waals surface area contributed by atoms with Crippen LogP contribution in [-0.2, 0) is 4.74 Å². The molecule has 1 saturated heterocycles. The molecule has 5 heteroatoms. The molecule has 1 aliphatic heterocycles. The van der Waals surface area contributed by atoms with Crippen LogP contribution in [0.1, 0.15) is 44.2 Å². The Hall–Kier alpha value is -0.810. The summed E-state index contributed by atoms with van der Waals surface area (Å²) < 4.78 is 8.44. The number of nitrogens with zero attached hydrogens (tertiary/aromatic N) is 2. The molecule has 2 rings (SSSR count). The molecule has 0 saturated carbocycles. The van der Waals surface area contributed by atoms with Crippen molar-refractivity contribution < 1.29 is 9.53 Å². The lowest BCUT2D eigenvalue weighted by atomic mass is 10.1. The molecular formula is C14H21BrN2O2. The number of morpholine rings is 1. The van der Waals surface area contributed by atoms with E-state index in [-0.39, 0.29) is 24.0 Å². The Labute approximate surface area is 122 Å². The third-order valence-electron chi connectivity index (χ3n) is 3.49. The molecule has 0 unspecified atom stereocenters. The lowest BCUT2D eigenvalue weighted by molar-refractivity contribution is -0.0254. The van der Waals surface area contributed by atoms with Gasteiger partial charge in [0, 0.05) is 16.7 Å². The summed E-state index contributed by atoms with van der Waals surface area (Å²) in [5, 5.41) is 0. The average Bonchev–Trinajstić information content (AvgIpc) is 2.71. The molecule has 106 valence electrons. The number of ether oxygens (including phenoxy) is 1.